The third-order valence-corrected chi connectivity index (χ3v) is 2.94. The molecular weight excluding hydrogens is 308 g/mol. The molecule has 0 aliphatic carbocycles. The van der Waals surface area contributed by atoms with E-state index in [2.05, 4.69) is 16.0 Å². The molecule has 3 unspecified atom stereocenters. The van der Waals surface area contributed by atoms with Gasteiger partial charge < -0.3 is 31.9 Å². The largest absolute Gasteiger partial charge is 0.480 e. The third-order valence-electron chi connectivity index (χ3n) is 2.94. The molecule has 0 spiro atoms. The molecule has 0 radical (unpaired) electrons. The Hall–Kier alpha value is -2.20. The Bertz CT molecular complexity index is 452. The van der Waals surface area contributed by atoms with Crippen LogP contribution in [-0.4, -0.2) is 65.2 Å². The molecule has 0 rings (SSSR count). The zero-order valence-electron chi connectivity index (χ0n) is 13.3. The van der Waals surface area contributed by atoms with Crippen molar-refractivity contribution in [3.63, 3.8) is 0 Å². The number of hydrogen-bond donors (Lipinski definition) is 6. The van der Waals surface area contributed by atoms with Gasteiger partial charge in [0.2, 0.25) is 17.7 Å². The highest BCUT2D eigenvalue weighted by atomic mass is 16.4. The average molecular weight is 332 g/mol. The van der Waals surface area contributed by atoms with Crippen molar-refractivity contribution in [3.05, 3.63) is 0 Å². The molecule has 0 saturated heterocycles. The molecule has 0 aromatic carbocycles. The van der Waals surface area contributed by atoms with Crippen molar-refractivity contribution in [1.29, 1.82) is 0 Å². The van der Waals surface area contributed by atoms with Gasteiger partial charge in [0.1, 0.15) is 6.04 Å². The third kappa shape index (κ3) is 7.56. The maximum Gasteiger partial charge on any atom is 0.328 e. The van der Waals surface area contributed by atoms with Crippen molar-refractivity contribution in [2.45, 2.75) is 39.0 Å². The first-order valence-corrected chi connectivity index (χ1v) is 7.07. The Morgan fingerprint density at radius 3 is 1.96 bits per heavy atom. The first kappa shape index (κ1) is 20.8. The van der Waals surface area contributed by atoms with E-state index in [9.17, 15) is 24.3 Å². The van der Waals surface area contributed by atoms with Gasteiger partial charge in [-0.3, -0.25) is 14.4 Å². The molecule has 10 nitrogen and oxygen atoms in total. The Labute approximate surface area is 133 Å². The monoisotopic (exact) mass is 332 g/mol. The van der Waals surface area contributed by atoms with Crippen molar-refractivity contribution in [3.8, 4) is 0 Å². The number of carboxylic acid groups (broad SMARTS) is 1. The van der Waals surface area contributed by atoms with E-state index in [1.54, 1.807) is 13.8 Å². The zero-order chi connectivity index (χ0) is 18.2. The van der Waals surface area contributed by atoms with Crippen LogP contribution in [0, 0.1) is 5.92 Å². The number of carbonyl (C=O) groups is 4. The minimum Gasteiger partial charge on any atom is -0.480 e. The fraction of sp³-hybridized carbons (Fsp3) is 0.692. The zero-order valence-corrected chi connectivity index (χ0v) is 13.3. The summed E-state index contributed by atoms with van der Waals surface area (Å²) < 4.78 is 0. The second-order valence-corrected chi connectivity index (χ2v) is 5.34. The number of hydrogen-bond acceptors (Lipinski definition) is 6. The predicted octanol–water partition coefficient (Wildman–Crippen LogP) is -2.85. The highest BCUT2D eigenvalue weighted by Crippen LogP contribution is 2.03. The van der Waals surface area contributed by atoms with Crippen LogP contribution < -0.4 is 21.7 Å². The van der Waals surface area contributed by atoms with Gasteiger partial charge in [-0.15, -0.1) is 0 Å². The molecule has 0 bridgehead atoms. The number of nitrogens with one attached hydrogen (secondary N) is 3. The number of nitrogens with two attached hydrogens (primary N) is 1. The van der Waals surface area contributed by atoms with Crippen LogP contribution >= 0.6 is 0 Å². The van der Waals surface area contributed by atoms with Crippen LogP contribution in [0.4, 0.5) is 0 Å². The topological polar surface area (TPSA) is 171 Å². The van der Waals surface area contributed by atoms with Crippen molar-refractivity contribution in [2.75, 3.05) is 13.1 Å². The van der Waals surface area contributed by atoms with Crippen molar-refractivity contribution >= 4 is 23.7 Å². The fourth-order valence-electron chi connectivity index (χ4n) is 1.64. The van der Waals surface area contributed by atoms with E-state index in [-0.39, 0.29) is 19.0 Å². The molecule has 3 amide bonds. The van der Waals surface area contributed by atoms with Crippen LogP contribution in [0.25, 0.3) is 0 Å². The van der Waals surface area contributed by atoms with Gasteiger partial charge in [0.25, 0.3) is 0 Å². The second kappa shape index (κ2) is 9.74. The molecule has 0 heterocycles. The summed E-state index contributed by atoms with van der Waals surface area (Å²) in [5.74, 6) is -3.62. The van der Waals surface area contributed by atoms with Gasteiger partial charge in [-0.25, -0.2) is 4.79 Å². The highest BCUT2D eigenvalue weighted by molar-refractivity contribution is 5.92. The first-order valence-electron chi connectivity index (χ1n) is 7.07. The number of amides is 3. The molecule has 0 aromatic heterocycles. The second-order valence-electron chi connectivity index (χ2n) is 5.34. The molecule has 132 valence electrons. The normalized spacial score (nSPS) is 14.5. The summed E-state index contributed by atoms with van der Waals surface area (Å²) in [4.78, 5) is 45.8. The summed E-state index contributed by atoms with van der Waals surface area (Å²) in [6.07, 6.45) is -1.30. The first-order chi connectivity index (χ1) is 10.6. The molecule has 0 aliphatic rings. The van der Waals surface area contributed by atoms with Crippen LogP contribution in [-0.2, 0) is 19.2 Å². The number of aliphatic carboxylic acids is 1. The molecule has 0 aliphatic heterocycles. The number of aliphatic hydroxyl groups excluding tert-OH is 1. The SMILES string of the molecule is CC(C)C(NC(=O)CNC(=O)CN)C(=O)NC(C(=O)O)C(C)O. The fourth-order valence-corrected chi connectivity index (χ4v) is 1.64. The van der Waals surface area contributed by atoms with E-state index >= 15 is 0 Å². The lowest BCUT2D eigenvalue weighted by molar-refractivity contribution is -0.145. The molecule has 0 aromatic rings. The standard InChI is InChI=1S/C13H24N4O6/c1-6(2)10(16-9(20)5-15-8(19)4-14)12(21)17-11(7(3)18)13(22)23/h6-7,10-11,18H,4-5,14H2,1-3H3,(H,15,19)(H,16,20)(H,17,21)(H,22,23). The Morgan fingerprint density at radius 2 is 1.57 bits per heavy atom. The highest BCUT2D eigenvalue weighted by Gasteiger charge is 2.30. The molecule has 23 heavy (non-hydrogen) atoms. The number of carbonyl (C=O) groups excluding carboxylic acids is 3. The van der Waals surface area contributed by atoms with E-state index in [0.717, 1.165) is 0 Å². The molecule has 0 fully saturated rings. The summed E-state index contributed by atoms with van der Waals surface area (Å²) in [5, 5.41) is 25.1. The van der Waals surface area contributed by atoms with E-state index in [1.165, 1.54) is 6.92 Å². The van der Waals surface area contributed by atoms with Crippen LogP contribution in [0.5, 0.6) is 0 Å². The Kier molecular flexibility index (Phi) is 8.81. The number of aliphatic hydroxyl groups is 1. The van der Waals surface area contributed by atoms with E-state index in [0.29, 0.717) is 0 Å². The minimum absolute atomic E-state index is 0.268. The van der Waals surface area contributed by atoms with Crippen LogP contribution in [0.2, 0.25) is 0 Å². The lowest BCUT2D eigenvalue weighted by atomic mass is 10.0. The molecule has 10 heteroatoms. The summed E-state index contributed by atoms with van der Waals surface area (Å²) in [7, 11) is 0. The molecule has 7 N–H and O–H groups in total. The van der Waals surface area contributed by atoms with Crippen molar-refractivity contribution < 1.29 is 29.4 Å². The van der Waals surface area contributed by atoms with E-state index < -0.39 is 41.9 Å². The molecule has 0 saturated carbocycles. The maximum atomic E-state index is 12.1. The summed E-state index contributed by atoms with van der Waals surface area (Å²) in [6.45, 7) is 3.91. The lowest BCUT2D eigenvalue weighted by Gasteiger charge is -2.25. The Morgan fingerprint density at radius 1 is 1.00 bits per heavy atom. The molecule has 3 atom stereocenters. The number of rotatable bonds is 9. The maximum absolute atomic E-state index is 12.1. The van der Waals surface area contributed by atoms with Crippen LogP contribution in [0.15, 0.2) is 0 Å². The minimum atomic E-state index is -1.49. The smallest absolute Gasteiger partial charge is 0.328 e. The van der Waals surface area contributed by atoms with Gasteiger partial charge in [-0.2, -0.15) is 0 Å². The summed E-state index contributed by atoms with van der Waals surface area (Å²) >= 11 is 0. The number of carboxylic acids is 1. The quantitative estimate of drug-likeness (QED) is 0.264. The van der Waals surface area contributed by atoms with Crippen LogP contribution in [0.1, 0.15) is 20.8 Å². The van der Waals surface area contributed by atoms with Crippen LogP contribution in [0.3, 0.4) is 0 Å². The van der Waals surface area contributed by atoms with Crippen molar-refractivity contribution in [2.24, 2.45) is 11.7 Å². The predicted molar refractivity (Wildman–Crippen MR) is 80.1 cm³/mol. The van der Waals surface area contributed by atoms with Gasteiger partial charge in [-0.1, -0.05) is 13.8 Å². The van der Waals surface area contributed by atoms with Gasteiger partial charge in [0.15, 0.2) is 6.04 Å². The van der Waals surface area contributed by atoms with E-state index in [1.807, 2.05) is 0 Å². The van der Waals surface area contributed by atoms with E-state index in [4.69, 9.17) is 10.8 Å². The molecular formula is C13H24N4O6. The van der Waals surface area contributed by atoms with Gasteiger partial charge in [-0.05, 0) is 12.8 Å². The lowest BCUT2D eigenvalue weighted by Crippen LogP contribution is -2.57. The van der Waals surface area contributed by atoms with Crippen molar-refractivity contribution in [1.82, 2.24) is 16.0 Å². The average Bonchev–Trinajstić information content (AvgIpc) is 2.46. The van der Waals surface area contributed by atoms with Gasteiger partial charge in [0.05, 0.1) is 19.2 Å². The Balaban J connectivity index is 4.78. The van der Waals surface area contributed by atoms with Gasteiger partial charge >= 0.3 is 5.97 Å². The summed E-state index contributed by atoms with van der Waals surface area (Å²) in [6, 6.07) is -2.50. The van der Waals surface area contributed by atoms with Gasteiger partial charge in [0, 0.05) is 0 Å². The summed E-state index contributed by atoms with van der Waals surface area (Å²) in [5.41, 5.74) is 5.08.